The van der Waals surface area contributed by atoms with Gasteiger partial charge in [0.15, 0.2) is 9.84 Å². The van der Waals surface area contributed by atoms with Crippen LogP contribution in [0.1, 0.15) is 67.2 Å². The first-order valence-electron chi connectivity index (χ1n) is 13.6. The number of hydrogen-bond acceptors (Lipinski definition) is 3. The Morgan fingerprint density at radius 2 is 1.49 bits per heavy atom. The molecule has 1 saturated heterocycles. The summed E-state index contributed by atoms with van der Waals surface area (Å²) in [6, 6.07) is 6.91. The summed E-state index contributed by atoms with van der Waals surface area (Å²) in [6.45, 7) is 1.84. The van der Waals surface area contributed by atoms with Gasteiger partial charge in [0.1, 0.15) is 4.75 Å². The first-order valence-corrected chi connectivity index (χ1v) is 15.1. The van der Waals surface area contributed by atoms with E-state index in [0.717, 1.165) is 30.9 Å². The van der Waals surface area contributed by atoms with Gasteiger partial charge >= 0.3 is 18.0 Å². The molecule has 2 atom stereocenters. The van der Waals surface area contributed by atoms with Gasteiger partial charge in [0.25, 0.3) is 0 Å². The van der Waals surface area contributed by atoms with Gasteiger partial charge in [0.05, 0.1) is 10.9 Å². The molecule has 2 fully saturated rings. The summed E-state index contributed by atoms with van der Waals surface area (Å²) < 4.78 is 123. The fraction of sp³-hybridized carbons (Fsp3) is 0.552. The molecule has 224 valence electrons. The highest BCUT2D eigenvalue weighted by Crippen LogP contribution is 2.57. The third-order valence-corrected chi connectivity index (χ3v) is 11.7. The van der Waals surface area contributed by atoms with Crippen LogP contribution < -0.4 is 0 Å². The highest BCUT2D eigenvalue weighted by molar-refractivity contribution is 7.92. The van der Waals surface area contributed by atoms with Crippen molar-refractivity contribution >= 4 is 15.7 Å². The van der Waals surface area contributed by atoms with E-state index in [1.54, 1.807) is 24.0 Å². The predicted molar refractivity (Wildman–Crippen MR) is 136 cm³/mol. The number of benzene rings is 2. The first-order chi connectivity index (χ1) is 19.1. The fourth-order valence-corrected chi connectivity index (χ4v) is 9.37. The van der Waals surface area contributed by atoms with Crippen molar-refractivity contribution in [2.24, 2.45) is 5.92 Å². The quantitative estimate of drug-likeness (QED) is 0.350. The lowest BCUT2D eigenvalue weighted by Crippen LogP contribution is -2.53. The molecule has 2 unspecified atom stereocenters. The molecule has 1 heterocycles. The summed E-state index contributed by atoms with van der Waals surface area (Å²) in [5.74, 6) is -0.441. The van der Waals surface area contributed by atoms with Crippen molar-refractivity contribution in [2.45, 2.75) is 92.0 Å². The van der Waals surface area contributed by atoms with Crippen LogP contribution >= 0.6 is 0 Å². The second-order valence-corrected chi connectivity index (χ2v) is 13.6. The molecule has 1 aliphatic heterocycles. The summed E-state index contributed by atoms with van der Waals surface area (Å²) in [5, 5.41) is 0. The van der Waals surface area contributed by atoms with E-state index in [1.165, 1.54) is 12.1 Å². The van der Waals surface area contributed by atoms with E-state index in [4.69, 9.17) is 0 Å². The minimum atomic E-state index is -6.29. The van der Waals surface area contributed by atoms with E-state index >= 15 is 0 Å². The van der Waals surface area contributed by atoms with Gasteiger partial charge in [-0.15, -0.1) is 0 Å². The molecule has 12 heteroatoms. The third-order valence-electron chi connectivity index (χ3n) is 9.11. The molecular weight excluding hydrogens is 575 g/mol. The van der Waals surface area contributed by atoms with Gasteiger partial charge in [-0.1, -0.05) is 55.2 Å². The minimum Gasteiger partial charge on any atom is -0.337 e. The van der Waals surface area contributed by atoms with Crippen LogP contribution in [0.4, 0.5) is 30.7 Å². The highest BCUT2D eigenvalue weighted by Gasteiger charge is 2.74. The number of carbonyl (C=O) groups is 1. The topological polar surface area (TPSA) is 54.5 Å². The smallest absolute Gasteiger partial charge is 0.337 e. The average Bonchev–Trinajstić information content (AvgIpc) is 3.33. The maximum atomic E-state index is 15.0. The van der Waals surface area contributed by atoms with Gasteiger partial charge in [0.2, 0.25) is 5.91 Å². The van der Waals surface area contributed by atoms with Crippen molar-refractivity contribution in [2.75, 3.05) is 6.54 Å². The van der Waals surface area contributed by atoms with Crippen LogP contribution in [0.5, 0.6) is 0 Å². The standard InChI is InChI=1S/C29H30F7NO3S/c1-18-7-11-22(12-8-18)41(39,40)26-15-16-37(25(38)19-5-3-2-4-6-19)24(26)14-9-20-17-21(10-13-23(20)26)27(30,28(31,32)33)29(34,35)36/h7-8,10-13,17,19,24H,2-6,9,14-16H2,1H3. The number of fused-ring (bicyclic) bond motifs is 3. The third kappa shape index (κ3) is 4.46. The number of alkyl halides is 7. The zero-order valence-corrected chi connectivity index (χ0v) is 23.1. The number of rotatable bonds is 4. The summed E-state index contributed by atoms with van der Waals surface area (Å²) in [5.41, 5.74) is -6.58. The number of halogens is 7. The Balaban J connectivity index is 1.68. The van der Waals surface area contributed by atoms with Gasteiger partial charge < -0.3 is 4.90 Å². The lowest BCUT2D eigenvalue weighted by atomic mass is 9.76. The van der Waals surface area contributed by atoms with Crippen molar-refractivity contribution in [3.05, 3.63) is 64.7 Å². The van der Waals surface area contributed by atoms with E-state index in [-0.39, 0.29) is 53.7 Å². The summed E-state index contributed by atoms with van der Waals surface area (Å²) in [4.78, 5) is 15.1. The van der Waals surface area contributed by atoms with Crippen molar-refractivity contribution < 1.29 is 43.9 Å². The molecule has 0 N–H and O–H groups in total. The molecule has 1 saturated carbocycles. The second kappa shape index (κ2) is 9.98. The lowest BCUT2D eigenvalue weighted by Gasteiger charge is -2.43. The van der Waals surface area contributed by atoms with Crippen molar-refractivity contribution in [1.29, 1.82) is 0 Å². The van der Waals surface area contributed by atoms with Gasteiger partial charge in [0, 0.05) is 18.0 Å². The summed E-state index contributed by atoms with van der Waals surface area (Å²) in [6.07, 6.45) is -8.69. The fourth-order valence-electron chi connectivity index (χ4n) is 7.01. The minimum absolute atomic E-state index is 0.00265. The van der Waals surface area contributed by atoms with E-state index in [9.17, 15) is 43.9 Å². The predicted octanol–water partition coefficient (Wildman–Crippen LogP) is 7.08. The molecule has 2 aromatic rings. The Morgan fingerprint density at radius 1 is 0.878 bits per heavy atom. The van der Waals surface area contributed by atoms with Crippen LogP contribution in [0, 0.1) is 12.8 Å². The van der Waals surface area contributed by atoms with Crippen molar-refractivity contribution in [1.82, 2.24) is 4.90 Å². The molecule has 1 amide bonds. The first kappa shape index (κ1) is 29.8. The normalized spacial score (nSPS) is 24.2. The average molecular weight is 606 g/mol. The van der Waals surface area contributed by atoms with E-state index in [0.29, 0.717) is 25.0 Å². The number of carbonyl (C=O) groups excluding carboxylic acids is 1. The van der Waals surface area contributed by atoms with Gasteiger partial charge in [-0.3, -0.25) is 4.79 Å². The van der Waals surface area contributed by atoms with Gasteiger partial charge in [-0.05, 0) is 62.3 Å². The molecule has 0 spiro atoms. The Bertz CT molecular complexity index is 1420. The second-order valence-electron chi connectivity index (χ2n) is 11.4. The van der Waals surface area contributed by atoms with Crippen LogP contribution in [-0.2, 0) is 31.5 Å². The Labute approximate surface area is 233 Å². The van der Waals surface area contributed by atoms with E-state index in [2.05, 4.69) is 0 Å². The molecule has 3 aliphatic rings. The largest absolute Gasteiger partial charge is 0.435 e. The maximum Gasteiger partial charge on any atom is 0.435 e. The van der Waals surface area contributed by atoms with Crippen LogP contribution in [0.3, 0.4) is 0 Å². The number of nitrogens with zero attached hydrogens (tertiary/aromatic N) is 1. The SMILES string of the molecule is Cc1ccc(S(=O)(=O)C23CCN(C(=O)C4CCCCC4)C2CCc2cc(C(F)(C(F)(F)F)C(F)(F)F)ccc23)cc1. The summed E-state index contributed by atoms with van der Waals surface area (Å²) in [7, 11) is -4.32. The number of sulfone groups is 1. The molecule has 2 aromatic carbocycles. The molecule has 0 radical (unpaired) electrons. The van der Waals surface area contributed by atoms with Crippen molar-refractivity contribution in [3.8, 4) is 0 Å². The number of hydrogen-bond donors (Lipinski definition) is 0. The molecule has 4 nitrogen and oxygen atoms in total. The monoisotopic (exact) mass is 605 g/mol. The molecule has 2 aliphatic carbocycles. The van der Waals surface area contributed by atoms with Crippen LogP contribution in [0.2, 0.25) is 0 Å². The molecule has 0 bridgehead atoms. The van der Waals surface area contributed by atoms with Crippen LogP contribution in [-0.4, -0.2) is 44.2 Å². The maximum absolute atomic E-state index is 15.0. The number of likely N-dealkylation sites (tertiary alicyclic amines) is 1. The Hall–Kier alpha value is -2.63. The van der Waals surface area contributed by atoms with E-state index < -0.39 is 44.2 Å². The molecular formula is C29H30F7NO3S. The Morgan fingerprint density at radius 3 is 2.07 bits per heavy atom. The molecule has 5 rings (SSSR count). The summed E-state index contributed by atoms with van der Waals surface area (Å²) >= 11 is 0. The van der Waals surface area contributed by atoms with Gasteiger partial charge in [-0.2, -0.15) is 26.3 Å². The Kier molecular flexibility index (Phi) is 7.27. The van der Waals surface area contributed by atoms with Gasteiger partial charge in [-0.25, -0.2) is 12.8 Å². The zero-order valence-electron chi connectivity index (χ0n) is 22.3. The lowest BCUT2D eigenvalue weighted by molar-refractivity contribution is -0.348. The van der Waals surface area contributed by atoms with Crippen LogP contribution in [0.25, 0.3) is 0 Å². The molecule has 41 heavy (non-hydrogen) atoms. The highest BCUT2D eigenvalue weighted by atomic mass is 32.2. The molecule has 0 aromatic heterocycles. The number of amides is 1. The van der Waals surface area contributed by atoms with Crippen molar-refractivity contribution in [3.63, 3.8) is 0 Å². The van der Waals surface area contributed by atoms with E-state index in [1.807, 2.05) is 0 Å². The number of aryl methyl sites for hydroxylation is 2. The van der Waals surface area contributed by atoms with Crippen LogP contribution in [0.15, 0.2) is 47.4 Å². The zero-order chi connectivity index (χ0) is 30.0.